The summed E-state index contributed by atoms with van der Waals surface area (Å²) in [7, 11) is -2.12. The second kappa shape index (κ2) is 7.85. The van der Waals surface area contributed by atoms with Crippen molar-refractivity contribution in [2.75, 3.05) is 7.05 Å². The van der Waals surface area contributed by atoms with Crippen molar-refractivity contribution in [3.05, 3.63) is 66.6 Å². The maximum atomic E-state index is 13.0. The molecule has 6 nitrogen and oxygen atoms in total. The number of aromatic nitrogens is 2. The smallest absolute Gasteiger partial charge is 0.387 e. The number of hydrogen-bond donors (Lipinski definition) is 1. The number of rotatable bonds is 7. The van der Waals surface area contributed by atoms with Gasteiger partial charge in [0, 0.05) is 25.1 Å². The summed E-state index contributed by atoms with van der Waals surface area (Å²) in [5, 5.41) is 2.97. The molecule has 2 heterocycles. The van der Waals surface area contributed by atoms with Crippen molar-refractivity contribution in [3.63, 3.8) is 0 Å². The molecule has 0 aliphatic rings. The molecule has 1 aromatic carbocycles. The molecule has 0 aliphatic heterocycles. The third-order valence-electron chi connectivity index (χ3n) is 3.79. The maximum absolute atomic E-state index is 13.0. The highest BCUT2D eigenvalue weighted by Crippen LogP contribution is 2.28. The lowest BCUT2D eigenvalue weighted by molar-refractivity contribution is -0.0498. The summed E-state index contributed by atoms with van der Waals surface area (Å²) in [4.78, 5) is 3.92. The summed E-state index contributed by atoms with van der Waals surface area (Å²) in [6.45, 7) is -2.46. The molecule has 27 heavy (non-hydrogen) atoms. The second-order valence-corrected chi connectivity index (χ2v) is 7.47. The number of halogens is 2. The number of hydrogen-bond acceptors (Lipinski definition) is 5. The molecule has 0 spiro atoms. The van der Waals surface area contributed by atoms with E-state index in [2.05, 4.69) is 15.0 Å². The number of benzene rings is 1. The first-order chi connectivity index (χ1) is 12.9. The third kappa shape index (κ3) is 4.15. The quantitative estimate of drug-likeness (QED) is 0.668. The fourth-order valence-electron chi connectivity index (χ4n) is 2.63. The lowest BCUT2D eigenvalue weighted by Gasteiger charge is -2.11. The van der Waals surface area contributed by atoms with Crippen molar-refractivity contribution in [2.24, 2.45) is 0 Å². The second-order valence-electron chi connectivity index (χ2n) is 5.66. The zero-order valence-corrected chi connectivity index (χ0v) is 15.2. The zero-order chi connectivity index (χ0) is 19.4. The van der Waals surface area contributed by atoms with Gasteiger partial charge in [-0.15, -0.1) is 0 Å². The lowest BCUT2D eigenvalue weighted by atomic mass is 10.1. The van der Waals surface area contributed by atoms with E-state index in [1.807, 2.05) is 0 Å². The predicted octanol–water partition coefficient (Wildman–Crippen LogP) is 3.11. The topological polar surface area (TPSA) is 73.2 Å². The van der Waals surface area contributed by atoms with E-state index < -0.39 is 16.6 Å². The van der Waals surface area contributed by atoms with Crippen LogP contribution in [-0.2, 0) is 16.6 Å². The Hall–Kier alpha value is -2.78. The summed E-state index contributed by atoms with van der Waals surface area (Å²) in [6, 6.07) is 10.5. The monoisotopic (exact) mass is 393 g/mol. The summed E-state index contributed by atoms with van der Waals surface area (Å²) in [6.07, 6.45) is 4.29. The van der Waals surface area contributed by atoms with Gasteiger partial charge in [-0.2, -0.15) is 8.78 Å². The minimum atomic E-state index is -3.87. The Balaban J connectivity index is 2.07. The standard InChI is InChI=1S/C18H17F2N3O3S/c1-21-10-13-9-17(14-4-6-15(7-5-14)26-18(19)20)23(12-13)27(24,25)16-3-2-8-22-11-16/h2-9,11-12,18,21H,10H2,1H3. The molecule has 142 valence electrons. The van der Waals surface area contributed by atoms with Crippen LogP contribution in [0, 0.1) is 0 Å². The van der Waals surface area contributed by atoms with Crippen LogP contribution in [0.25, 0.3) is 11.3 Å². The molecule has 9 heteroatoms. The van der Waals surface area contributed by atoms with Gasteiger partial charge in [0.2, 0.25) is 0 Å². The van der Waals surface area contributed by atoms with Gasteiger partial charge in [-0.25, -0.2) is 12.4 Å². The van der Waals surface area contributed by atoms with Crippen molar-refractivity contribution < 1.29 is 21.9 Å². The fraction of sp³-hybridized carbons (Fsp3) is 0.167. The highest BCUT2D eigenvalue weighted by molar-refractivity contribution is 7.90. The van der Waals surface area contributed by atoms with Crippen LogP contribution < -0.4 is 10.1 Å². The van der Waals surface area contributed by atoms with Gasteiger partial charge in [0.05, 0.1) is 5.69 Å². The van der Waals surface area contributed by atoms with Crippen LogP contribution in [0.15, 0.2) is 66.0 Å². The molecule has 3 rings (SSSR count). The Morgan fingerprint density at radius 2 is 1.96 bits per heavy atom. The van der Waals surface area contributed by atoms with Crippen molar-refractivity contribution in [2.45, 2.75) is 18.1 Å². The van der Waals surface area contributed by atoms with Crippen LogP contribution in [0.3, 0.4) is 0 Å². The number of ether oxygens (including phenoxy) is 1. The van der Waals surface area contributed by atoms with E-state index in [1.165, 1.54) is 52.9 Å². The highest BCUT2D eigenvalue weighted by Gasteiger charge is 2.22. The first kappa shape index (κ1) is 19.0. The van der Waals surface area contributed by atoms with Gasteiger partial charge in [0.15, 0.2) is 0 Å². The van der Waals surface area contributed by atoms with E-state index >= 15 is 0 Å². The van der Waals surface area contributed by atoms with Crippen molar-refractivity contribution in [3.8, 4) is 17.0 Å². The van der Waals surface area contributed by atoms with E-state index in [0.29, 0.717) is 17.8 Å². The minimum absolute atomic E-state index is 0.00239. The maximum Gasteiger partial charge on any atom is 0.387 e. The van der Waals surface area contributed by atoms with E-state index in [0.717, 1.165) is 5.56 Å². The first-order valence-electron chi connectivity index (χ1n) is 7.98. The van der Waals surface area contributed by atoms with Crippen molar-refractivity contribution in [1.82, 2.24) is 14.3 Å². The van der Waals surface area contributed by atoms with E-state index in [1.54, 1.807) is 19.2 Å². The summed E-state index contributed by atoms with van der Waals surface area (Å²) in [5.74, 6) is -0.00239. The molecule has 0 unspecified atom stereocenters. The van der Waals surface area contributed by atoms with Crippen LogP contribution in [0.5, 0.6) is 5.75 Å². The average Bonchev–Trinajstić information content (AvgIpc) is 3.08. The molecular formula is C18H17F2N3O3S. The van der Waals surface area contributed by atoms with Gasteiger partial charge < -0.3 is 10.1 Å². The molecule has 0 saturated heterocycles. The SMILES string of the molecule is CNCc1cc(-c2ccc(OC(F)F)cc2)n(S(=O)(=O)c2cccnc2)c1. The fourth-order valence-corrected chi connectivity index (χ4v) is 3.99. The molecule has 2 aromatic heterocycles. The number of nitrogens with zero attached hydrogens (tertiary/aromatic N) is 2. The van der Waals surface area contributed by atoms with E-state index in [9.17, 15) is 17.2 Å². The van der Waals surface area contributed by atoms with Gasteiger partial charge >= 0.3 is 6.61 Å². The molecule has 0 radical (unpaired) electrons. The Morgan fingerprint density at radius 1 is 1.22 bits per heavy atom. The Labute approximate surface area is 155 Å². The highest BCUT2D eigenvalue weighted by atomic mass is 32.2. The Bertz CT molecular complexity index is 1000. The molecule has 0 fully saturated rings. The van der Waals surface area contributed by atoms with Crippen LogP contribution in [0.1, 0.15) is 5.56 Å². The van der Waals surface area contributed by atoms with Crippen LogP contribution >= 0.6 is 0 Å². The summed E-state index contributed by atoms with van der Waals surface area (Å²) >= 11 is 0. The molecule has 1 N–H and O–H groups in total. The van der Waals surface area contributed by atoms with E-state index in [-0.39, 0.29) is 10.6 Å². The molecule has 3 aromatic rings. The van der Waals surface area contributed by atoms with Crippen LogP contribution in [0.2, 0.25) is 0 Å². The van der Waals surface area contributed by atoms with Gasteiger partial charge in [0.1, 0.15) is 10.6 Å². The van der Waals surface area contributed by atoms with Crippen LogP contribution in [0.4, 0.5) is 8.78 Å². The first-order valence-corrected chi connectivity index (χ1v) is 9.42. The molecule has 0 saturated carbocycles. The zero-order valence-electron chi connectivity index (χ0n) is 14.3. The van der Waals surface area contributed by atoms with Gasteiger partial charge in [-0.1, -0.05) is 0 Å². The lowest BCUT2D eigenvalue weighted by Crippen LogP contribution is -2.13. The normalized spacial score (nSPS) is 11.7. The van der Waals surface area contributed by atoms with Gasteiger partial charge in [0.25, 0.3) is 10.0 Å². The molecular weight excluding hydrogens is 376 g/mol. The Morgan fingerprint density at radius 3 is 2.56 bits per heavy atom. The number of nitrogens with one attached hydrogen (secondary N) is 1. The molecule has 0 amide bonds. The summed E-state index contributed by atoms with van der Waals surface area (Å²) < 4.78 is 56.2. The summed E-state index contributed by atoms with van der Waals surface area (Å²) in [5.41, 5.74) is 1.71. The van der Waals surface area contributed by atoms with Crippen molar-refractivity contribution in [1.29, 1.82) is 0 Å². The molecule has 0 bridgehead atoms. The molecule has 0 aliphatic carbocycles. The molecule has 0 atom stereocenters. The number of pyridine rings is 1. The Kier molecular flexibility index (Phi) is 5.52. The van der Waals surface area contributed by atoms with Crippen LogP contribution in [-0.4, -0.2) is 31.0 Å². The van der Waals surface area contributed by atoms with Gasteiger partial charge in [-0.05, 0) is 60.6 Å². The number of alkyl halides is 2. The minimum Gasteiger partial charge on any atom is -0.435 e. The predicted molar refractivity (Wildman–Crippen MR) is 96.1 cm³/mol. The average molecular weight is 393 g/mol. The largest absolute Gasteiger partial charge is 0.435 e. The van der Waals surface area contributed by atoms with Gasteiger partial charge in [-0.3, -0.25) is 4.98 Å². The van der Waals surface area contributed by atoms with E-state index in [4.69, 9.17) is 0 Å². The third-order valence-corrected chi connectivity index (χ3v) is 5.45. The van der Waals surface area contributed by atoms with Crippen molar-refractivity contribution >= 4 is 10.0 Å².